The summed E-state index contributed by atoms with van der Waals surface area (Å²) < 4.78 is 6.14. The van der Waals surface area contributed by atoms with Gasteiger partial charge in [-0.1, -0.05) is 28.1 Å². The van der Waals surface area contributed by atoms with Crippen LogP contribution in [0.25, 0.3) is 0 Å². The van der Waals surface area contributed by atoms with Crippen LogP contribution in [0.4, 0.5) is 11.9 Å². The van der Waals surface area contributed by atoms with Crippen molar-refractivity contribution in [3.63, 3.8) is 0 Å². The van der Waals surface area contributed by atoms with Crippen molar-refractivity contribution in [1.29, 1.82) is 0 Å². The first-order valence-corrected chi connectivity index (χ1v) is 7.47. The van der Waals surface area contributed by atoms with Gasteiger partial charge in [0, 0.05) is 11.0 Å². The average molecular weight is 352 g/mol. The van der Waals surface area contributed by atoms with E-state index in [9.17, 15) is 0 Å². The van der Waals surface area contributed by atoms with Crippen LogP contribution < -0.4 is 15.4 Å². The van der Waals surface area contributed by atoms with E-state index in [1.54, 1.807) is 0 Å². The third-order valence-corrected chi connectivity index (χ3v) is 3.32. The van der Waals surface area contributed by atoms with Gasteiger partial charge in [0.2, 0.25) is 11.9 Å². The molecule has 112 valence electrons. The predicted molar refractivity (Wildman–Crippen MR) is 86.7 cm³/mol. The van der Waals surface area contributed by atoms with Crippen LogP contribution in [-0.2, 0) is 0 Å². The Morgan fingerprint density at radius 2 is 2.00 bits per heavy atom. The predicted octanol–water partition coefficient (Wildman–Crippen LogP) is 3.25. The van der Waals surface area contributed by atoms with E-state index >= 15 is 0 Å². The van der Waals surface area contributed by atoms with Crippen LogP contribution in [-0.4, -0.2) is 28.6 Å². The van der Waals surface area contributed by atoms with E-state index in [1.807, 2.05) is 32.0 Å². The van der Waals surface area contributed by atoms with Crippen molar-refractivity contribution in [2.75, 3.05) is 24.3 Å². The Balaban J connectivity index is 2.19. The van der Waals surface area contributed by atoms with Gasteiger partial charge in [-0.3, -0.25) is 0 Å². The minimum Gasteiger partial charge on any atom is -0.467 e. The second-order valence-corrected chi connectivity index (χ2v) is 5.34. The number of methoxy groups -OCH3 is 1. The lowest BCUT2D eigenvalue weighted by Gasteiger charge is -2.15. The molecular formula is C14H18BrN5O. The number of halogens is 1. The lowest BCUT2D eigenvalue weighted by molar-refractivity contribution is 0.379. The molecule has 21 heavy (non-hydrogen) atoms. The van der Waals surface area contributed by atoms with Gasteiger partial charge in [-0.15, -0.1) is 0 Å². The summed E-state index contributed by atoms with van der Waals surface area (Å²) in [5.74, 6) is 0.971. The normalized spacial score (nSPS) is 11.8. The summed E-state index contributed by atoms with van der Waals surface area (Å²) in [5, 5.41) is 6.31. The average Bonchev–Trinajstić information content (AvgIpc) is 2.47. The lowest BCUT2D eigenvalue weighted by Crippen LogP contribution is -2.12. The monoisotopic (exact) mass is 351 g/mol. The molecule has 1 aromatic heterocycles. The molecule has 0 fully saturated rings. The van der Waals surface area contributed by atoms with Crippen LogP contribution >= 0.6 is 15.9 Å². The zero-order valence-corrected chi connectivity index (χ0v) is 13.8. The Kier molecular flexibility index (Phi) is 5.32. The van der Waals surface area contributed by atoms with Gasteiger partial charge in [0.05, 0.1) is 13.2 Å². The molecule has 2 aromatic rings. The Morgan fingerprint density at radius 1 is 1.24 bits per heavy atom. The van der Waals surface area contributed by atoms with Crippen LogP contribution in [0.15, 0.2) is 28.7 Å². The molecule has 6 nitrogen and oxygen atoms in total. The first-order valence-electron chi connectivity index (χ1n) is 6.68. The second kappa shape index (κ2) is 7.21. The highest BCUT2D eigenvalue weighted by molar-refractivity contribution is 9.10. The van der Waals surface area contributed by atoms with E-state index in [0.29, 0.717) is 11.9 Å². The summed E-state index contributed by atoms with van der Waals surface area (Å²) >= 11 is 3.47. The molecule has 0 radical (unpaired) electrons. The highest BCUT2D eigenvalue weighted by atomic mass is 79.9. The quantitative estimate of drug-likeness (QED) is 0.832. The summed E-state index contributed by atoms with van der Waals surface area (Å²) in [6.45, 7) is 4.76. The number of benzene rings is 1. The van der Waals surface area contributed by atoms with Crippen LogP contribution in [0.1, 0.15) is 25.5 Å². The molecule has 1 heterocycles. The van der Waals surface area contributed by atoms with E-state index in [4.69, 9.17) is 4.74 Å². The van der Waals surface area contributed by atoms with Crippen molar-refractivity contribution in [3.8, 4) is 6.01 Å². The molecule has 0 aliphatic rings. The van der Waals surface area contributed by atoms with Crippen molar-refractivity contribution in [3.05, 3.63) is 34.3 Å². The Hall–Kier alpha value is -1.89. The van der Waals surface area contributed by atoms with Gasteiger partial charge >= 0.3 is 6.01 Å². The van der Waals surface area contributed by atoms with Crippen molar-refractivity contribution in [1.82, 2.24) is 15.0 Å². The first kappa shape index (κ1) is 15.5. The zero-order chi connectivity index (χ0) is 15.2. The molecule has 0 saturated heterocycles. The van der Waals surface area contributed by atoms with E-state index in [-0.39, 0.29) is 12.1 Å². The number of rotatable bonds is 6. The standard InChI is InChI=1S/C14H18BrN5O/c1-4-16-12-18-13(20-14(19-12)21-3)17-9(2)10-6-5-7-11(15)8-10/h5-9H,4H2,1-3H3,(H2,16,17,18,19,20). The maximum absolute atomic E-state index is 5.10. The summed E-state index contributed by atoms with van der Waals surface area (Å²) in [7, 11) is 1.53. The molecule has 2 N–H and O–H groups in total. The van der Waals surface area contributed by atoms with Crippen molar-refractivity contribution in [2.24, 2.45) is 0 Å². The third-order valence-electron chi connectivity index (χ3n) is 2.83. The fraction of sp³-hybridized carbons (Fsp3) is 0.357. The van der Waals surface area contributed by atoms with E-state index in [2.05, 4.69) is 47.6 Å². The molecule has 0 amide bonds. The number of anilines is 2. The molecule has 0 saturated carbocycles. The van der Waals surface area contributed by atoms with Crippen molar-refractivity contribution >= 4 is 27.8 Å². The van der Waals surface area contributed by atoms with Gasteiger partial charge in [-0.25, -0.2) is 0 Å². The van der Waals surface area contributed by atoms with Crippen molar-refractivity contribution in [2.45, 2.75) is 19.9 Å². The minimum absolute atomic E-state index is 0.0593. The molecule has 0 aliphatic carbocycles. The van der Waals surface area contributed by atoms with Crippen molar-refractivity contribution < 1.29 is 4.74 Å². The Bertz CT molecular complexity index is 608. The largest absolute Gasteiger partial charge is 0.467 e. The molecular weight excluding hydrogens is 334 g/mol. The maximum atomic E-state index is 5.10. The molecule has 0 aliphatic heterocycles. The fourth-order valence-corrected chi connectivity index (χ4v) is 2.22. The van der Waals surface area contributed by atoms with Crippen LogP contribution in [0.2, 0.25) is 0 Å². The number of nitrogens with one attached hydrogen (secondary N) is 2. The van der Waals surface area contributed by atoms with Crippen LogP contribution in [0.5, 0.6) is 6.01 Å². The number of hydrogen-bond donors (Lipinski definition) is 2. The van der Waals surface area contributed by atoms with Crippen LogP contribution in [0, 0.1) is 0 Å². The van der Waals surface area contributed by atoms with Gasteiger partial charge in [0.25, 0.3) is 0 Å². The molecule has 1 aromatic carbocycles. The highest BCUT2D eigenvalue weighted by Crippen LogP contribution is 2.21. The molecule has 0 spiro atoms. The SMILES string of the molecule is CCNc1nc(NC(C)c2cccc(Br)c2)nc(OC)n1. The molecule has 7 heteroatoms. The number of aromatic nitrogens is 3. The first-order chi connectivity index (χ1) is 10.1. The Labute approximate surface area is 132 Å². The van der Waals surface area contributed by atoms with Gasteiger partial charge in [-0.05, 0) is 31.5 Å². The smallest absolute Gasteiger partial charge is 0.322 e. The Morgan fingerprint density at radius 3 is 2.67 bits per heavy atom. The number of ether oxygens (including phenoxy) is 1. The molecule has 1 unspecified atom stereocenters. The summed E-state index contributed by atoms with van der Waals surface area (Å²) in [6, 6.07) is 8.43. The second-order valence-electron chi connectivity index (χ2n) is 4.42. The zero-order valence-electron chi connectivity index (χ0n) is 12.2. The molecule has 1 atom stereocenters. The van der Waals surface area contributed by atoms with Gasteiger partial charge in [0.1, 0.15) is 0 Å². The lowest BCUT2D eigenvalue weighted by atomic mass is 10.1. The fourth-order valence-electron chi connectivity index (χ4n) is 1.80. The topological polar surface area (TPSA) is 72.0 Å². The van der Waals surface area contributed by atoms with E-state index in [1.165, 1.54) is 7.11 Å². The van der Waals surface area contributed by atoms with Gasteiger partial charge < -0.3 is 15.4 Å². The minimum atomic E-state index is 0.0593. The highest BCUT2D eigenvalue weighted by Gasteiger charge is 2.11. The summed E-state index contributed by atoms with van der Waals surface area (Å²) in [6.07, 6.45) is 0. The number of nitrogens with zero attached hydrogens (tertiary/aromatic N) is 3. The van der Waals surface area contributed by atoms with E-state index in [0.717, 1.165) is 16.6 Å². The summed E-state index contributed by atoms with van der Waals surface area (Å²) in [5.41, 5.74) is 1.13. The molecule has 0 bridgehead atoms. The third kappa shape index (κ3) is 4.29. The maximum Gasteiger partial charge on any atom is 0.322 e. The van der Waals surface area contributed by atoms with Gasteiger partial charge in [0.15, 0.2) is 0 Å². The van der Waals surface area contributed by atoms with Crippen LogP contribution in [0.3, 0.4) is 0 Å². The molecule has 2 rings (SSSR count). The van der Waals surface area contributed by atoms with Gasteiger partial charge in [-0.2, -0.15) is 15.0 Å². The van der Waals surface area contributed by atoms with E-state index < -0.39 is 0 Å². The number of hydrogen-bond acceptors (Lipinski definition) is 6. The summed E-state index contributed by atoms with van der Waals surface area (Å²) in [4.78, 5) is 12.7.